The van der Waals surface area contributed by atoms with E-state index in [9.17, 15) is 9.90 Å². The van der Waals surface area contributed by atoms with E-state index in [0.29, 0.717) is 21.3 Å². The van der Waals surface area contributed by atoms with Crippen LogP contribution in [0.15, 0.2) is 42.6 Å². The summed E-state index contributed by atoms with van der Waals surface area (Å²) in [7, 11) is 0. The molecule has 0 saturated carbocycles. The van der Waals surface area contributed by atoms with E-state index in [1.807, 2.05) is 6.07 Å². The van der Waals surface area contributed by atoms with Crippen LogP contribution in [0.2, 0.25) is 10.0 Å². The molecule has 0 saturated heterocycles. The molecule has 2 rings (SSSR count). The quantitative estimate of drug-likeness (QED) is 0.933. The lowest BCUT2D eigenvalue weighted by atomic mass is 9.94. The topological polar surface area (TPSA) is 50.2 Å². The van der Waals surface area contributed by atoms with Crippen LogP contribution >= 0.6 is 23.2 Å². The van der Waals surface area contributed by atoms with Crippen LogP contribution in [0.5, 0.6) is 0 Å². The summed E-state index contributed by atoms with van der Waals surface area (Å²) in [5.74, 6) is -1.71. The van der Waals surface area contributed by atoms with Gasteiger partial charge in [0, 0.05) is 28.4 Å². The summed E-state index contributed by atoms with van der Waals surface area (Å²) in [5.41, 5.74) is 1.21. The van der Waals surface area contributed by atoms with E-state index in [0.717, 1.165) is 0 Å². The fourth-order valence-corrected chi connectivity index (χ4v) is 2.27. The molecule has 1 aromatic carbocycles. The third-order valence-corrected chi connectivity index (χ3v) is 3.35. The van der Waals surface area contributed by atoms with Crippen LogP contribution in [0.4, 0.5) is 0 Å². The monoisotopic (exact) mass is 295 g/mol. The third-order valence-electron chi connectivity index (χ3n) is 2.77. The van der Waals surface area contributed by atoms with Gasteiger partial charge in [-0.1, -0.05) is 29.3 Å². The van der Waals surface area contributed by atoms with Gasteiger partial charge in [0.15, 0.2) is 0 Å². The minimum Gasteiger partial charge on any atom is -0.481 e. The number of halogens is 2. The summed E-state index contributed by atoms with van der Waals surface area (Å²) < 4.78 is 0. The van der Waals surface area contributed by atoms with E-state index in [-0.39, 0.29) is 6.42 Å². The molecule has 5 heteroatoms. The van der Waals surface area contributed by atoms with Crippen molar-refractivity contribution in [3.05, 3.63) is 63.9 Å². The Balaban J connectivity index is 2.35. The Labute approximate surface area is 120 Å². The molecule has 0 bridgehead atoms. The zero-order chi connectivity index (χ0) is 13.8. The van der Waals surface area contributed by atoms with Gasteiger partial charge >= 0.3 is 5.97 Å². The summed E-state index contributed by atoms with van der Waals surface area (Å²) in [4.78, 5) is 15.6. The van der Waals surface area contributed by atoms with Crippen LogP contribution in [-0.2, 0) is 11.2 Å². The van der Waals surface area contributed by atoms with E-state index in [1.54, 1.807) is 36.5 Å². The van der Waals surface area contributed by atoms with Gasteiger partial charge in [0.2, 0.25) is 0 Å². The van der Waals surface area contributed by atoms with Crippen LogP contribution in [-0.4, -0.2) is 16.1 Å². The molecule has 0 aliphatic carbocycles. The van der Waals surface area contributed by atoms with Gasteiger partial charge in [-0.2, -0.15) is 0 Å². The van der Waals surface area contributed by atoms with Gasteiger partial charge in [0.1, 0.15) is 0 Å². The Hall–Kier alpha value is -1.58. The Morgan fingerprint density at radius 1 is 1.26 bits per heavy atom. The molecule has 3 nitrogen and oxygen atoms in total. The van der Waals surface area contributed by atoms with Gasteiger partial charge in [0.25, 0.3) is 0 Å². The lowest BCUT2D eigenvalue weighted by molar-refractivity contribution is -0.138. The molecular weight excluding hydrogens is 285 g/mol. The van der Waals surface area contributed by atoms with Gasteiger partial charge in [-0.15, -0.1) is 0 Å². The Kier molecular flexibility index (Phi) is 4.40. The molecule has 0 amide bonds. The third kappa shape index (κ3) is 3.46. The fourth-order valence-electron chi connectivity index (χ4n) is 1.84. The van der Waals surface area contributed by atoms with Crippen molar-refractivity contribution in [2.24, 2.45) is 0 Å². The molecule has 0 aliphatic rings. The van der Waals surface area contributed by atoms with Crippen molar-refractivity contribution in [1.82, 2.24) is 4.98 Å². The predicted octanol–water partition coefficient (Wildman–Crippen LogP) is 3.80. The van der Waals surface area contributed by atoms with Gasteiger partial charge in [-0.3, -0.25) is 9.78 Å². The van der Waals surface area contributed by atoms with Crippen LogP contribution in [0.1, 0.15) is 17.2 Å². The van der Waals surface area contributed by atoms with E-state index >= 15 is 0 Å². The molecule has 0 fully saturated rings. The number of hydrogen-bond donors (Lipinski definition) is 1. The second kappa shape index (κ2) is 6.04. The van der Waals surface area contributed by atoms with E-state index in [1.165, 1.54) is 0 Å². The average Bonchev–Trinajstić information content (AvgIpc) is 2.40. The molecule has 19 heavy (non-hydrogen) atoms. The number of pyridine rings is 1. The SMILES string of the molecule is O=C(O)C(Cc1ccccn1)c1cc(Cl)ccc1Cl. The van der Waals surface area contributed by atoms with Gasteiger partial charge in [-0.05, 0) is 35.9 Å². The number of benzene rings is 1. The molecular formula is C14H11Cl2NO2. The smallest absolute Gasteiger partial charge is 0.311 e. The summed E-state index contributed by atoms with van der Waals surface area (Å²) in [6.07, 6.45) is 1.91. The number of aromatic nitrogens is 1. The first kappa shape index (κ1) is 13.8. The number of hydrogen-bond acceptors (Lipinski definition) is 2. The maximum atomic E-state index is 11.4. The number of nitrogens with zero attached hydrogens (tertiary/aromatic N) is 1. The first-order valence-electron chi connectivity index (χ1n) is 5.65. The van der Waals surface area contributed by atoms with Crippen molar-refractivity contribution in [2.45, 2.75) is 12.3 Å². The lowest BCUT2D eigenvalue weighted by Crippen LogP contribution is -2.15. The van der Waals surface area contributed by atoms with Crippen molar-refractivity contribution in [3.63, 3.8) is 0 Å². The molecule has 0 aliphatic heterocycles. The molecule has 2 aromatic rings. The molecule has 1 heterocycles. The Morgan fingerprint density at radius 3 is 2.68 bits per heavy atom. The van der Waals surface area contributed by atoms with Gasteiger partial charge < -0.3 is 5.11 Å². The second-order valence-corrected chi connectivity index (χ2v) is 4.93. The first-order valence-corrected chi connectivity index (χ1v) is 6.41. The number of rotatable bonds is 4. The highest BCUT2D eigenvalue weighted by molar-refractivity contribution is 6.33. The second-order valence-electron chi connectivity index (χ2n) is 4.08. The van der Waals surface area contributed by atoms with Crippen molar-refractivity contribution < 1.29 is 9.90 Å². The highest BCUT2D eigenvalue weighted by Gasteiger charge is 2.23. The summed E-state index contributed by atoms with van der Waals surface area (Å²) in [6.45, 7) is 0. The maximum absolute atomic E-state index is 11.4. The number of carboxylic acids is 1. The predicted molar refractivity (Wildman–Crippen MR) is 74.8 cm³/mol. The summed E-state index contributed by atoms with van der Waals surface area (Å²) >= 11 is 12.0. The van der Waals surface area contributed by atoms with Crippen molar-refractivity contribution in [3.8, 4) is 0 Å². The molecule has 0 spiro atoms. The molecule has 1 atom stereocenters. The minimum absolute atomic E-state index is 0.274. The van der Waals surface area contributed by atoms with E-state index < -0.39 is 11.9 Å². The Bertz CT molecular complexity index is 587. The van der Waals surface area contributed by atoms with E-state index in [2.05, 4.69) is 4.98 Å². The number of carbonyl (C=O) groups is 1. The molecule has 1 unspecified atom stereocenters. The highest BCUT2D eigenvalue weighted by Crippen LogP contribution is 2.30. The molecule has 0 radical (unpaired) electrons. The Morgan fingerprint density at radius 2 is 2.05 bits per heavy atom. The van der Waals surface area contributed by atoms with E-state index in [4.69, 9.17) is 23.2 Å². The zero-order valence-corrected chi connectivity index (χ0v) is 11.4. The number of aliphatic carboxylic acids is 1. The fraction of sp³-hybridized carbons (Fsp3) is 0.143. The number of carboxylic acid groups (broad SMARTS) is 1. The normalized spacial score (nSPS) is 12.1. The van der Waals surface area contributed by atoms with Crippen LogP contribution in [0.3, 0.4) is 0 Å². The minimum atomic E-state index is -0.949. The highest BCUT2D eigenvalue weighted by atomic mass is 35.5. The van der Waals surface area contributed by atoms with Gasteiger partial charge in [-0.25, -0.2) is 0 Å². The molecule has 98 valence electrons. The van der Waals surface area contributed by atoms with Crippen molar-refractivity contribution >= 4 is 29.2 Å². The van der Waals surface area contributed by atoms with Crippen molar-refractivity contribution in [2.75, 3.05) is 0 Å². The van der Waals surface area contributed by atoms with Crippen LogP contribution in [0, 0.1) is 0 Å². The van der Waals surface area contributed by atoms with Gasteiger partial charge in [0.05, 0.1) is 5.92 Å². The molecule has 1 N–H and O–H groups in total. The standard InChI is InChI=1S/C14H11Cl2NO2/c15-9-4-5-13(16)11(7-9)12(14(18)19)8-10-3-1-2-6-17-10/h1-7,12H,8H2,(H,18,19). The summed E-state index contributed by atoms with van der Waals surface area (Å²) in [6, 6.07) is 10.2. The van der Waals surface area contributed by atoms with Crippen molar-refractivity contribution in [1.29, 1.82) is 0 Å². The molecule has 1 aromatic heterocycles. The lowest BCUT2D eigenvalue weighted by Gasteiger charge is -2.14. The summed E-state index contributed by atoms with van der Waals surface area (Å²) in [5, 5.41) is 10.2. The first-order chi connectivity index (χ1) is 9.08. The maximum Gasteiger partial charge on any atom is 0.311 e. The van der Waals surface area contributed by atoms with Crippen LogP contribution in [0.25, 0.3) is 0 Å². The largest absolute Gasteiger partial charge is 0.481 e. The zero-order valence-electron chi connectivity index (χ0n) is 9.88. The average molecular weight is 296 g/mol. The van der Waals surface area contributed by atoms with Crippen LogP contribution < -0.4 is 0 Å².